The summed E-state index contributed by atoms with van der Waals surface area (Å²) in [5, 5.41) is 3.41. The van der Waals surface area contributed by atoms with Crippen LogP contribution >= 0.6 is 0 Å². The van der Waals surface area contributed by atoms with Crippen molar-refractivity contribution in [1.29, 1.82) is 0 Å². The Kier molecular flexibility index (Phi) is 3.72. The van der Waals surface area contributed by atoms with Crippen LogP contribution in [0, 0.1) is 23.7 Å². The van der Waals surface area contributed by atoms with E-state index in [2.05, 4.69) is 33.0 Å². The van der Waals surface area contributed by atoms with Crippen molar-refractivity contribution in [1.82, 2.24) is 10.2 Å². The van der Waals surface area contributed by atoms with Gasteiger partial charge in [0.15, 0.2) is 0 Å². The number of nitrogens with one attached hydrogen (secondary N) is 1. The van der Waals surface area contributed by atoms with Crippen molar-refractivity contribution >= 4 is 6.03 Å². The minimum absolute atomic E-state index is 0.160. The molecule has 0 aromatic carbocycles. The lowest BCUT2D eigenvalue weighted by Crippen LogP contribution is -2.59. The van der Waals surface area contributed by atoms with E-state index in [-0.39, 0.29) is 18.1 Å². The van der Waals surface area contributed by atoms with Crippen LogP contribution in [0.5, 0.6) is 0 Å². The molecule has 0 radical (unpaired) electrons. The van der Waals surface area contributed by atoms with E-state index in [1.54, 1.807) is 0 Å². The van der Waals surface area contributed by atoms with Gasteiger partial charge in [0.25, 0.3) is 0 Å². The predicted molar refractivity (Wildman–Crippen MR) is 81.5 cm³/mol. The Labute approximate surface area is 123 Å². The summed E-state index contributed by atoms with van der Waals surface area (Å²) in [5.74, 6) is 3.46. The molecule has 0 atom stereocenters. The van der Waals surface area contributed by atoms with Crippen LogP contribution in [0.2, 0.25) is 0 Å². The van der Waals surface area contributed by atoms with Crippen molar-refractivity contribution in [3.05, 3.63) is 0 Å². The molecule has 0 heterocycles. The van der Waals surface area contributed by atoms with E-state index in [0.29, 0.717) is 6.04 Å². The second-order valence-electron chi connectivity index (χ2n) is 8.00. The number of rotatable bonds is 3. The van der Waals surface area contributed by atoms with Crippen LogP contribution in [0.15, 0.2) is 0 Å². The first kappa shape index (κ1) is 14.2. The lowest BCUT2D eigenvalue weighted by molar-refractivity contribution is -0.0119. The first-order valence-electron chi connectivity index (χ1n) is 8.54. The van der Waals surface area contributed by atoms with Crippen molar-refractivity contribution in [2.24, 2.45) is 23.7 Å². The van der Waals surface area contributed by atoms with Gasteiger partial charge in [0.2, 0.25) is 0 Å². The van der Waals surface area contributed by atoms with Gasteiger partial charge < -0.3 is 10.2 Å². The molecule has 2 amide bonds. The zero-order chi connectivity index (χ0) is 14.4. The van der Waals surface area contributed by atoms with Gasteiger partial charge >= 0.3 is 6.03 Å². The van der Waals surface area contributed by atoms with E-state index in [0.717, 1.165) is 23.7 Å². The highest BCUT2D eigenvalue weighted by Gasteiger charge is 2.48. The largest absolute Gasteiger partial charge is 0.335 e. The molecule has 0 aromatic heterocycles. The Morgan fingerprint density at radius 3 is 1.75 bits per heavy atom. The number of amides is 2. The molecule has 20 heavy (non-hydrogen) atoms. The summed E-state index contributed by atoms with van der Waals surface area (Å²) in [6.45, 7) is 8.43. The third-order valence-electron chi connectivity index (χ3n) is 5.86. The highest BCUT2D eigenvalue weighted by Crippen LogP contribution is 2.53. The molecule has 0 saturated heterocycles. The average Bonchev–Trinajstić information content (AvgIpc) is 2.31. The number of carbonyl (C=O) groups excluding carboxylic acids is 1. The maximum Gasteiger partial charge on any atom is 0.318 e. The number of hydrogen-bond acceptors (Lipinski definition) is 1. The summed E-state index contributed by atoms with van der Waals surface area (Å²) < 4.78 is 0. The molecule has 3 nitrogen and oxygen atoms in total. The molecule has 0 unspecified atom stereocenters. The van der Waals surface area contributed by atoms with Gasteiger partial charge in [-0.1, -0.05) is 0 Å². The fourth-order valence-electron chi connectivity index (χ4n) is 5.44. The van der Waals surface area contributed by atoms with E-state index < -0.39 is 0 Å². The number of urea groups is 1. The molecule has 4 rings (SSSR count). The SMILES string of the molecule is CC(C)N(C(=O)NC1C2CC3CC(C2)CC1C3)C(C)C. The molecule has 4 saturated carbocycles. The standard InChI is InChI=1S/C17H30N2O/c1-10(2)19(11(3)4)17(20)18-16-14-6-12-5-13(8-14)9-15(16)7-12/h10-16H,5-9H2,1-4H3,(H,18,20). The lowest BCUT2D eigenvalue weighted by Gasteiger charge is -2.54. The summed E-state index contributed by atoms with van der Waals surface area (Å²) in [6.07, 6.45) is 6.92. The van der Waals surface area contributed by atoms with Crippen molar-refractivity contribution in [2.75, 3.05) is 0 Å². The Bertz CT molecular complexity index is 341. The molecule has 114 valence electrons. The molecular formula is C17H30N2O. The van der Waals surface area contributed by atoms with Gasteiger partial charge in [0, 0.05) is 18.1 Å². The maximum absolute atomic E-state index is 12.6. The molecule has 1 N–H and O–H groups in total. The maximum atomic E-state index is 12.6. The summed E-state index contributed by atoms with van der Waals surface area (Å²) in [5.41, 5.74) is 0. The van der Waals surface area contributed by atoms with Gasteiger partial charge in [-0.3, -0.25) is 0 Å². The number of carbonyl (C=O) groups is 1. The fraction of sp³-hybridized carbons (Fsp3) is 0.941. The summed E-state index contributed by atoms with van der Waals surface area (Å²) in [4.78, 5) is 14.6. The Hall–Kier alpha value is -0.730. The van der Waals surface area contributed by atoms with Gasteiger partial charge in [0.1, 0.15) is 0 Å². The van der Waals surface area contributed by atoms with Crippen molar-refractivity contribution in [3.63, 3.8) is 0 Å². The van der Waals surface area contributed by atoms with E-state index in [1.807, 2.05) is 4.90 Å². The summed E-state index contributed by atoms with van der Waals surface area (Å²) in [7, 11) is 0. The predicted octanol–water partition coefficient (Wildman–Crippen LogP) is 3.64. The second-order valence-corrected chi connectivity index (χ2v) is 8.00. The van der Waals surface area contributed by atoms with E-state index >= 15 is 0 Å². The van der Waals surface area contributed by atoms with Crippen LogP contribution < -0.4 is 5.32 Å². The second kappa shape index (κ2) is 5.23. The third-order valence-corrected chi connectivity index (χ3v) is 5.86. The molecule has 4 bridgehead atoms. The van der Waals surface area contributed by atoms with E-state index in [1.165, 1.54) is 32.1 Å². The molecule has 4 fully saturated rings. The van der Waals surface area contributed by atoms with E-state index in [4.69, 9.17) is 0 Å². The molecule has 4 aliphatic rings. The lowest BCUT2D eigenvalue weighted by atomic mass is 9.54. The van der Waals surface area contributed by atoms with Gasteiger partial charge in [-0.2, -0.15) is 0 Å². The zero-order valence-electron chi connectivity index (χ0n) is 13.4. The highest BCUT2D eigenvalue weighted by molar-refractivity contribution is 5.75. The smallest absolute Gasteiger partial charge is 0.318 e. The highest BCUT2D eigenvalue weighted by atomic mass is 16.2. The Morgan fingerprint density at radius 1 is 0.900 bits per heavy atom. The molecular weight excluding hydrogens is 248 g/mol. The van der Waals surface area contributed by atoms with Gasteiger partial charge in [0.05, 0.1) is 0 Å². The van der Waals surface area contributed by atoms with Gasteiger partial charge in [-0.15, -0.1) is 0 Å². The van der Waals surface area contributed by atoms with Crippen LogP contribution in [0.4, 0.5) is 4.79 Å². The van der Waals surface area contributed by atoms with Crippen LogP contribution in [-0.2, 0) is 0 Å². The molecule has 0 spiro atoms. The number of nitrogens with zero attached hydrogens (tertiary/aromatic N) is 1. The number of hydrogen-bond donors (Lipinski definition) is 1. The molecule has 0 aromatic rings. The third kappa shape index (κ3) is 2.44. The van der Waals surface area contributed by atoms with Crippen molar-refractivity contribution in [2.45, 2.75) is 77.9 Å². The minimum atomic E-state index is 0.160. The van der Waals surface area contributed by atoms with Crippen LogP contribution in [0.1, 0.15) is 59.8 Å². The Balaban J connectivity index is 1.67. The quantitative estimate of drug-likeness (QED) is 0.840. The molecule has 4 aliphatic carbocycles. The molecule has 3 heteroatoms. The fourth-order valence-corrected chi connectivity index (χ4v) is 5.44. The first-order chi connectivity index (χ1) is 9.45. The van der Waals surface area contributed by atoms with Crippen LogP contribution in [0.25, 0.3) is 0 Å². The van der Waals surface area contributed by atoms with Crippen molar-refractivity contribution in [3.8, 4) is 0 Å². The van der Waals surface area contributed by atoms with Crippen molar-refractivity contribution < 1.29 is 4.79 Å². The van der Waals surface area contributed by atoms with Gasteiger partial charge in [-0.05, 0) is 83.5 Å². The van der Waals surface area contributed by atoms with Gasteiger partial charge in [-0.25, -0.2) is 4.79 Å². The topological polar surface area (TPSA) is 32.3 Å². The molecule has 0 aliphatic heterocycles. The normalized spacial score (nSPS) is 38.6. The zero-order valence-corrected chi connectivity index (χ0v) is 13.4. The Morgan fingerprint density at radius 2 is 1.35 bits per heavy atom. The first-order valence-corrected chi connectivity index (χ1v) is 8.54. The average molecular weight is 278 g/mol. The summed E-state index contributed by atoms with van der Waals surface area (Å²) >= 11 is 0. The monoisotopic (exact) mass is 278 g/mol. The van der Waals surface area contributed by atoms with E-state index in [9.17, 15) is 4.79 Å². The van der Waals surface area contributed by atoms with Crippen LogP contribution in [0.3, 0.4) is 0 Å². The summed E-state index contributed by atoms with van der Waals surface area (Å²) in [6, 6.07) is 1.15. The van der Waals surface area contributed by atoms with Crippen LogP contribution in [-0.4, -0.2) is 29.1 Å². The minimum Gasteiger partial charge on any atom is -0.335 e.